The van der Waals surface area contributed by atoms with Crippen LogP contribution in [0.2, 0.25) is 0 Å². The molecule has 1 N–H and O–H groups in total. The van der Waals surface area contributed by atoms with Gasteiger partial charge in [0, 0.05) is 12.1 Å². The largest absolute Gasteiger partial charge is 0.493 e. The van der Waals surface area contributed by atoms with Crippen molar-refractivity contribution in [3.05, 3.63) is 11.9 Å². The molecule has 116 valence electrons. The first-order valence-corrected chi connectivity index (χ1v) is 6.81. The number of methoxy groups -OCH3 is 1. The third-order valence-electron chi connectivity index (χ3n) is 3.90. The van der Waals surface area contributed by atoms with Gasteiger partial charge in [0.2, 0.25) is 0 Å². The van der Waals surface area contributed by atoms with Crippen LogP contribution in [0.1, 0.15) is 25.6 Å². The van der Waals surface area contributed by atoms with Crippen molar-refractivity contribution >= 4 is 0 Å². The first-order chi connectivity index (χ1) is 9.21. The maximum Gasteiger partial charge on any atom is 0.162 e. The summed E-state index contributed by atoms with van der Waals surface area (Å²) >= 11 is 0. The number of ether oxygens (including phenoxy) is 1. The molecule has 1 heterocycles. The van der Waals surface area contributed by atoms with Gasteiger partial charge in [-0.1, -0.05) is 0 Å². The second kappa shape index (κ2) is 6.56. The summed E-state index contributed by atoms with van der Waals surface area (Å²) in [6, 6.07) is 0. The van der Waals surface area contributed by atoms with Crippen molar-refractivity contribution < 1.29 is 9.84 Å². The van der Waals surface area contributed by atoms with Gasteiger partial charge in [0.25, 0.3) is 0 Å². The fourth-order valence-electron chi connectivity index (χ4n) is 1.86. The molecule has 6 heteroatoms. The third kappa shape index (κ3) is 3.50. The second-order valence-corrected chi connectivity index (χ2v) is 6.08. The molecule has 0 radical (unpaired) electrons. The van der Waals surface area contributed by atoms with Gasteiger partial charge in [0.1, 0.15) is 11.8 Å². The van der Waals surface area contributed by atoms with E-state index < -0.39 is 11.6 Å². The molecule has 0 aliphatic heterocycles. The number of aliphatic hydroxyl groups is 1. The first kappa shape index (κ1) is 16.9. The molecule has 1 aromatic heterocycles. The zero-order chi connectivity index (χ0) is 15.5. The van der Waals surface area contributed by atoms with Crippen molar-refractivity contribution in [3.8, 4) is 5.75 Å². The van der Waals surface area contributed by atoms with Crippen LogP contribution in [-0.4, -0.2) is 72.1 Å². The third-order valence-corrected chi connectivity index (χ3v) is 3.90. The highest BCUT2D eigenvalue weighted by Gasteiger charge is 2.35. The van der Waals surface area contributed by atoms with Gasteiger partial charge in [0.05, 0.1) is 19.9 Å². The Morgan fingerprint density at radius 2 is 1.95 bits per heavy atom. The van der Waals surface area contributed by atoms with Crippen molar-refractivity contribution in [2.24, 2.45) is 0 Å². The van der Waals surface area contributed by atoms with Gasteiger partial charge >= 0.3 is 0 Å². The quantitative estimate of drug-likeness (QED) is 0.803. The molecule has 0 amide bonds. The Kier molecular flexibility index (Phi) is 5.56. The molecule has 0 aliphatic rings. The number of hydrogen-bond acceptors (Lipinski definition) is 5. The van der Waals surface area contributed by atoms with Gasteiger partial charge in [-0.3, -0.25) is 4.68 Å². The molecule has 0 aliphatic carbocycles. The van der Waals surface area contributed by atoms with Gasteiger partial charge in [-0.05, 0) is 42.0 Å². The molecule has 6 nitrogen and oxygen atoms in total. The average Bonchev–Trinajstić information content (AvgIpc) is 2.77. The zero-order valence-corrected chi connectivity index (χ0v) is 13.7. The van der Waals surface area contributed by atoms with E-state index in [0.717, 1.165) is 12.2 Å². The molecule has 0 spiro atoms. The number of nitrogens with zero attached hydrogens (tertiary/aromatic N) is 4. The fourth-order valence-corrected chi connectivity index (χ4v) is 1.86. The Balaban J connectivity index is 3.10. The molecule has 1 unspecified atom stereocenters. The van der Waals surface area contributed by atoms with E-state index in [9.17, 15) is 5.11 Å². The van der Waals surface area contributed by atoms with Crippen LogP contribution in [0.3, 0.4) is 0 Å². The molecule has 0 fully saturated rings. The summed E-state index contributed by atoms with van der Waals surface area (Å²) in [4.78, 5) is 4.09. The maximum absolute atomic E-state index is 10.8. The summed E-state index contributed by atoms with van der Waals surface area (Å²) in [5, 5.41) is 15.1. The molecule has 0 saturated carbocycles. The smallest absolute Gasteiger partial charge is 0.162 e. The molecule has 0 saturated heterocycles. The maximum atomic E-state index is 10.8. The van der Waals surface area contributed by atoms with E-state index in [2.05, 4.69) is 10.00 Å². The highest BCUT2D eigenvalue weighted by molar-refractivity contribution is 5.29. The number of hydrogen-bond donors (Lipinski definition) is 1. The van der Waals surface area contributed by atoms with Crippen molar-refractivity contribution in [2.75, 3.05) is 41.8 Å². The van der Waals surface area contributed by atoms with E-state index >= 15 is 0 Å². The lowest BCUT2D eigenvalue weighted by molar-refractivity contribution is 0.00898. The van der Waals surface area contributed by atoms with E-state index in [1.807, 2.05) is 51.6 Å². The predicted molar refractivity (Wildman–Crippen MR) is 80.1 cm³/mol. The zero-order valence-electron chi connectivity index (χ0n) is 13.7. The van der Waals surface area contributed by atoms with Gasteiger partial charge in [-0.25, -0.2) is 0 Å². The number of aromatic nitrogens is 2. The Morgan fingerprint density at radius 1 is 1.35 bits per heavy atom. The van der Waals surface area contributed by atoms with Crippen LogP contribution in [0.15, 0.2) is 6.20 Å². The first-order valence-electron chi connectivity index (χ1n) is 6.81. The molecular weight excluding hydrogens is 256 g/mol. The highest BCUT2D eigenvalue weighted by atomic mass is 16.5. The van der Waals surface area contributed by atoms with Crippen LogP contribution in [-0.2, 0) is 6.54 Å². The lowest BCUT2D eigenvalue weighted by Crippen LogP contribution is -2.44. The van der Waals surface area contributed by atoms with Crippen molar-refractivity contribution in [2.45, 2.75) is 32.0 Å². The van der Waals surface area contributed by atoms with Crippen LogP contribution in [0.5, 0.6) is 5.75 Å². The van der Waals surface area contributed by atoms with Crippen LogP contribution in [0, 0.1) is 0 Å². The van der Waals surface area contributed by atoms with E-state index in [1.165, 1.54) is 0 Å². The monoisotopic (exact) mass is 284 g/mol. The molecule has 1 atom stereocenters. The van der Waals surface area contributed by atoms with Gasteiger partial charge < -0.3 is 19.6 Å². The summed E-state index contributed by atoms with van der Waals surface area (Å²) in [6.45, 7) is 5.57. The number of aliphatic hydroxyl groups excluding tert-OH is 1. The van der Waals surface area contributed by atoms with E-state index in [1.54, 1.807) is 13.3 Å². The van der Waals surface area contributed by atoms with Gasteiger partial charge in [0.15, 0.2) is 5.75 Å². The molecule has 1 rings (SSSR count). The Bertz CT molecular complexity index is 427. The summed E-state index contributed by atoms with van der Waals surface area (Å²) in [5.74, 6) is 0.631. The van der Waals surface area contributed by atoms with E-state index in [4.69, 9.17) is 4.74 Å². The van der Waals surface area contributed by atoms with Gasteiger partial charge in [-0.15, -0.1) is 0 Å². The Morgan fingerprint density at radius 3 is 2.40 bits per heavy atom. The average molecular weight is 284 g/mol. The van der Waals surface area contributed by atoms with Crippen LogP contribution in [0.4, 0.5) is 0 Å². The second-order valence-electron chi connectivity index (χ2n) is 6.08. The van der Waals surface area contributed by atoms with Crippen molar-refractivity contribution in [1.29, 1.82) is 0 Å². The Labute approximate surface area is 121 Å². The molecule has 0 aromatic carbocycles. The number of rotatable bonds is 7. The van der Waals surface area contributed by atoms with Crippen LogP contribution < -0.4 is 4.74 Å². The summed E-state index contributed by atoms with van der Waals surface area (Å²) in [5.41, 5.74) is 0.316. The van der Waals surface area contributed by atoms with Crippen molar-refractivity contribution in [1.82, 2.24) is 19.6 Å². The fraction of sp³-hybridized carbons (Fsp3) is 0.786. The summed E-state index contributed by atoms with van der Waals surface area (Å²) < 4.78 is 7.18. The highest BCUT2D eigenvalue weighted by Crippen LogP contribution is 2.34. The topological polar surface area (TPSA) is 53.8 Å². The normalized spacial score (nSPS) is 14.1. The van der Waals surface area contributed by atoms with E-state index in [0.29, 0.717) is 12.3 Å². The number of likely N-dealkylation sites (N-methyl/N-ethyl adjacent to an activating group) is 2. The van der Waals surface area contributed by atoms with Crippen LogP contribution in [0.25, 0.3) is 0 Å². The van der Waals surface area contributed by atoms with Gasteiger partial charge in [-0.2, -0.15) is 5.10 Å². The SMILES string of the molecule is COc1cnn(CCN(C)C)c1C(O)C(C)(C)N(C)C. The van der Waals surface area contributed by atoms with E-state index in [-0.39, 0.29) is 0 Å². The minimum Gasteiger partial charge on any atom is -0.493 e. The molecule has 20 heavy (non-hydrogen) atoms. The molecule has 0 bridgehead atoms. The van der Waals surface area contributed by atoms with Crippen LogP contribution >= 0.6 is 0 Å². The lowest BCUT2D eigenvalue weighted by atomic mass is 9.93. The Hall–Kier alpha value is -1.11. The van der Waals surface area contributed by atoms with Crippen molar-refractivity contribution in [3.63, 3.8) is 0 Å². The lowest BCUT2D eigenvalue weighted by Gasteiger charge is -2.37. The predicted octanol–water partition coefficient (Wildman–Crippen LogP) is 0.827. The summed E-state index contributed by atoms with van der Waals surface area (Å²) in [6.07, 6.45) is 0.983. The molecule has 1 aromatic rings. The standard InChI is InChI=1S/C14H28N4O2/c1-14(2,17(5)6)13(19)12-11(20-7)10-15-18(12)9-8-16(3)4/h10,13,19H,8-9H2,1-7H3. The summed E-state index contributed by atoms with van der Waals surface area (Å²) in [7, 11) is 9.54. The minimum absolute atomic E-state index is 0.414. The minimum atomic E-state index is -0.683. The molecular formula is C14H28N4O2.